The number of hydrogen-bond donors (Lipinski definition) is 5. The highest BCUT2D eigenvalue weighted by atomic mass is 31.2. The van der Waals surface area contributed by atoms with Crippen molar-refractivity contribution in [2.45, 2.75) is 167 Å². The lowest BCUT2D eigenvalue weighted by Gasteiger charge is -2.20. The first kappa shape index (κ1) is 57.5. The number of aliphatic hydroxyl groups excluding tert-OH is 2. The molecule has 0 aromatic heterocycles. The van der Waals surface area contributed by atoms with Gasteiger partial charge in [-0.15, -0.1) is 0 Å². The summed E-state index contributed by atoms with van der Waals surface area (Å²) in [7, 11) is -9.72. The first-order chi connectivity index (χ1) is 28.8. The summed E-state index contributed by atoms with van der Waals surface area (Å²) in [5, 5.41) is 19.8. The fourth-order valence-corrected chi connectivity index (χ4v) is 6.45. The predicted molar refractivity (Wildman–Crippen MR) is 236 cm³/mol. The Labute approximate surface area is 359 Å². The number of unbranched alkanes of at least 4 members (excludes halogenated alkanes) is 13. The Morgan fingerprint density at radius 3 is 1.73 bits per heavy atom. The van der Waals surface area contributed by atoms with Crippen molar-refractivity contribution in [2.24, 2.45) is 0 Å². The average molecular weight is 891 g/mol. The summed E-state index contributed by atoms with van der Waals surface area (Å²) in [5.41, 5.74) is 0. The molecule has 0 saturated carbocycles. The molecular weight excluding hydrogens is 814 g/mol. The normalized spacial score (nSPS) is 15.2. The van der Waals surface area contributed by atoms with Gasteiger partial charge >= 0.3 is 27.6 Å². The standard InChI is InChI=1S/C44H76O14P2/c1-3-5-7-9-11-12-13-14-15-16-17-18-22-27-31-35-44(48)58-42(39-57-60(52,53)56-37-41(46)36-55-59(49,50)51)38-54-43(47)34-30-26-23-19-21-25-29-33-40(45)32-28-24-20-10-8-6-4-2/h12-15,19-20,23-25,28-29,32,40-42,45-46H,3-11,16-18,21-22,26-27,30-31,33-39H2,1-2H3,(H,52,53)(H2,49,50,51)/b13-12-,15-14-,23-19+,24-20-,29-25-,32-28-/t40-,41+,42-/m1/s1. The van der Waals surface area contributed by atoms with Gasteiger partial charge in [0.2, 0.25) is 0 Å². The number of esters is 2. The Morgan fingerprint density at radius 1 is 0.550 bits per heavy atom. The Morgan fingerprint density at radius 2 is 1.07 bits per heavy atom. The average Bonchev–Trinajstić information content (AvgIpc) is 3.20. The summed E-state index contributed by atoms with van der Waals surface area (Å²) in [4.78, 5) is 52.6. The maximum atomic E-state index is 12.6. The van der Waals surface area contributed by atoms with E-state index in [0.717, 1.165) is 44.9 Å². The molecule has 0 spiro atoms. The van der Waals surface area contributed by atoms with Crippen LogP contribution in [0.1, 0.15) is 149 Å². The second kappa shape index (κ2) is 39.4. The fraction of sp³-hybridized carbons (Fsp3) is 0.682. The Kier molecular flexibility index (Phi) is 37.7. The zero-order valence-electron chi connectivity index (χ0n) is 36.1. The van der Waals surface area contributed by atoms with Crippen molar-refractivity contribution in [3.05, 3.63) is 72.9 Å². The number of allylic oxidation sites excluding steroid dienone is 10. The molecule has 0 aromatic carbocycles. The van der Waals surface area contributed by atoms with E-state index in [1.54, 1.807) is 6.08 Å². The van der Waals surface area contributed by atoms with Crippen LogP contribution in [0.15, 0.2) is 72.9 Å². The molecule has 0 aromatic rings. The lowest BCUT2D eigenvalue weighted by atomic mass is 10.1. The molecule has 0 aliphatic carbocycles. The third-order valence-electron chi connectivity index (χ3n) is 8.67. The molecule has 0 radical (unpaired) electrons. The smallest absolute Gasteiger partial charge is 0.462 e. The summed E-state index contributed by atoms with van der Waals surface area (Å²) in [6, 6.07) is 0. The van der Waals surface area contributed by atoms with Crippen LogP contribution in [-0.2, 0) is 41.8 Å². The van der Waals surface area contributed by atoms with Gasteiger partial charge in [-0.25, -0.2) is 9.13 Å². The van der Waals surface area contributed by atoms with Crippen LogP contribution in [-0.4, -0.2) is 81.6 Å². The summed E-state index contributed by atoms with van der Waals surface area (Å²) in [6.07, 6.45) is 39.2. The van der Waals surface area contributed by atoms with Gasteiger partial charge in [0.25, 0.3) is 0 Å². The van der Waals surface area contributed by atoms with Gasteiger partial charge in [-0.1, -0.05) is 138 Å². The van der Waals surface area contributed by atoms with Crippen LogP contribution in [0, 0.1) is 0 Å². The van der Waals surface area contributed by atoms with Crippen molar-refractivity contribution in [1.82, 2.24) is 0 Å². The SMILES string of the molecule is CCCCC/C=C\C=C/[C@@H](O)C/C=C\C/C=C/CCCC(=O)OC[C@H](COP(=O)(O)OC[C@@H](O)COP(=O)(O)O)OC(=O)CCCCCCC/C=C\C=C/CCCCCC. The van der Waals surface area contributed by atoms with Crippen molar-refractivity contribution in [3.8, 4) is 0 Å². The minimum atomic E-state index is -4.88. The summed E-state index contributed by atoms with van der Waals surface area (Å²) in [6.45, 7) is 1.53. The number of ether oxygens (including phenoxy) is 2. The molecule has 5 N–H and O–H groups in total. The number of phosphoric acid groups is 2. The van der Waals surface area contributed by atoms with Crippen molar-refractivity contribution < 1.29 is 66.7 Å². The van der Waals surface area contributed by atoms with Gasteiger partial charge in [-0.2, -0.15) is 0 Å². The van der Waals surface area contributed by atoms with E-state index in [2.05, 4.69) is 53.3 Å². The first-order valence-electron chi connectivity index (χ1n) is 21.8. The molecular formula is C44H76O14P2. The number of carbonyl (C=O) groups is 2. The first-order valence-corrected chi connectivity index (χ1v) is 24.8. The zero-order chi connectivity index (χ0) is 44.6. The molecule has 4 atom stereocenters. The van der Waals surface area contributed by atoms with Crippen LogP contribution < -0.4 is 0 Å². The molecule has 346 valence electrons. The van der Waals surface area contributed by atoms with E-state index < -0.39 is 72.3 Å². The number of carbonyl (C=O) groups excluding carboxylic acids is 2. The molecule has 0 amide bonds. The monoisotopic (exact) mass is 890 g/mol. The lowest BCUT2D eigenvalue weighted by molar-refractivity contribution is -0.161. The molecule has 0 saturated heterocycles. The van der Waals surface area contributed by atoms with E-state index in [1.165, 1.54) is 44.9 Å². The summed E-state index contributed by atoms with van der Waals surface area (Å²) < 4.78 is 47.6. The van der Waals surface area contributed by atoms with Crippen LogP contribution in [0.3, 0.4) is 0 Å². The number of phosphoric ester groups is 2. The molecule has 0 rings (SSSR count). The number of rotatable bonds is 40. The van der Waals surface area contributed by atoms with Gasteiger partial charge in [0, 0.05) is 12.8 Å². The van der Waals surface area contributed by atoms with Crippen molar-refractivity contribution >= 4 is 27.6 Å². The van der Waals surface area contributed by atoms with E-state index >= 15 is 0 Å². The van der Waals surface area contributed by atoms with Gasteiger partial charge in [0.1, 0.15) is 12.7 Å². The van der Waals surface area contributed by atoms with E-state index in [4.69, 9.17) is 23.8 Å². The number of hydrogen-bond acceptors (Lipinski definition) is 11. The van der Waals surface area contributed by atoms with Gasteiger partial charge in [0.15, 0.2) is 6.10 Å². The third-order valence-corrected chi connectivity index (χ3v) is 10.1. The maximum absolute atomic E-state index is 12.6. The quantitative estimate of drug-likeness (QED) is 0.0127. The largest absolute Gasteiger partial charge is 0.472 e. The second-order valence-corrected chi connectivity index (χ2v) is 17.2. The molecule has 0 bridgehead atoms. The van der Waals surface area contributed by atoms with Crippen LogP contribution >= 0.6 is 15.6 Å². The molecule has 16 heteroatoms. The van der Waals surface area contributed by atoms with E-state index in [1.807, 2.05) is 36.5 Å². The van der Waals surface area contributed by atoms with E-state index in [-0.39, 0.29) is 12.8 Å². The minimum absolute atomic E-state index is 0.0784. The number of aliphatic hydroxyl groups is 2. The van der Waals surface area contributed by atoms with Gasteiger partial charge in [0.05, 0.1) is 25.9 Å². The van der Waals surface area contributed by atoms with Crippen LogP contribution in [0.25, 0.3) is 0 Å². The van der Waals surface area contributed by atoms with Gasteiger partial charge in [-0.3, -0.25) is 23.2 Å². The Hall–Kier alpha value is -2.48. The molecule has 0 heterocycles. The second-order valence-electron chi connectivity index (χ2n) is 14.5. The minimum Gasteiger partial charge on any atom is -0.462 e. The summed E-state index contributed by atoms with van der Waals surface area (Å²) in [5.74, 6) is -1.16. The summed E-state index contributed by atoms with van der Waals surface area (Å²) >= 11 is 0. The molecule has 1 unspecified atom stereocenters. The molecule has 0 aliphatic heterocycles. The topological polar surface area (TPSA) is 216 Å². The van der Waals surface area contributed by atoms with Crippen LogP contribution in [0.2, 0.25) is 0 Å². The lowest BCUT2D eigenvalue weighted by Crippen LogP contribution is -2.30. The van der Waals surface area contributed by atoms with Gasteiger partial charge in [-0.05, 0) is 70.6 Å². The Bertz CT molecular complexity index is 1350. The highest BCUT2D eigenvalue weighted by Gasteiger charge is 2.28. The molecule has 0 aliphatic rings. The van der Waals surface area contributed by atoms with E-state index in [9.17, 15) is 33.8 Å². The third kappa shape index (κ3) is 42.2. The zero-order valence-corrected chi connectivity index (χ0v) is 37.9. The molecule has 14 nitrogen and oxygen atoms in total. The Balaban J connectivity index is 4.71. The van der Waals surface area contributed by atoms with Crippen molar-refractivity contribution in [2.75, 3.05) is 26.4 Å². The van der Waals surface area contributed by atoms with Crippen molar-refractivity contribution in [1.29, 1.82) is 0 Å². The predicted octanol–water partition coefficient (Wildman–Crippen LogP) is 9.98. The van der Waals surface area contributed by atoms with Crippen LogP contribution in [0.4, 0.5) is 0 Å². The molecule has 60 heavy (non-hydrogen) atoms. The van der Waals surface area contributed by atoms with E-state index in [0.29, 0.717) is 32.1 Å². The van der Waals surface area contributed by atoms with Crippen LogP contribution in [0.5, 0.6) is 0 Å². The van der Waals surface area contributed by atoms with Crippen molar-refractivity contribution in [3.63, 3.8) is 0 Å². The van der Waals surface area contributed by atoms with Gasteiger partial charge < -0.3 is 34.4 Å². The fourth-order valence-electron chi connectivity index (χ4n) is 5.29. The highest BCUT2D eigenvalue weighted by Crippen LogP contribution is 2.43. The highest BCUT2D eigenvalue weighted by molar-refractivity contribution is 7.47. The maximum Gasteiger partial charge on any atom is 0.472 e. The molecule has 0 fully saturated rings.